The Kier molecular flexibility index (Phi) is 28.8. The van der Waals surface area contributed by atoms with Gasteiger partial charge >= 0.3 is 34.7 Å². The van der Waals surface area contributed by atoms with Crippen LogP contribution >= 0.6 is 0 Å². The normalized spacial score (nSPS) is 6.00. The molecule has 0 aromatic rings. The first-order valence-electron chi connectivity index (χ1n) is 0.664. The van der Waals surface area contributed by atoms with Gasteiger partial charge in [-0.15, -0.1) is 0 Å². The van der Waals surface area contributed by atoms with E-state index in [9.17, 15) is 14.7 Å². The maximum absolute atomic E-state index is 9.65. The third kappa shape index (κ3) is 204. The predicted octanol–water partition coefficient (Wildman–Crippen LogP) is 1.30. The van der Waals surface area contributed by atoms with E-state index < -0.39 is 28.7 Å². The molecule has 0 amide bonds. The summed E-state index contributed by atoms with van der Waals surface area (Å²) < 4.78 is 38.3. The zero-order chi connectivity index (χ0) is 5.41. The summed E-state index contributed by atoms with van der Waals surface area (Å²) in [5.41, 5.74) is 0. The van der Waals surface area contributed by atoms with Crippen LogP contribution in [0.4, 0.5) is 14.7 Å². The molecule has 0 heterocycles. The van der Waals surface area contributed by atoms with E-state index in [0.717, 1.165) is 0 Å². The van der Waals surface area contributed by atoms with Gasteiger partial charge in [0.2, 0.25) is 0 Å². The van der Waals surface area contributed by atoms with Crippen molar-refractivity contribution in [2.24, 2.45) is 0 Å². The first kappa shape index (κ1) is 9.73. The van der Waals surface area contributed by atoms with Gasteiger partial charge in [-0.2, -0.15) is 0 Å². The van der Waals surface area contributed by atoms with E-state index in [2.05, 4.69) is 0 Å². The van der Waals surface area contributed by atoms with E-state index in [1.165, 1.54) is 0 Å². The van der Waals surface area contributed by atoms with E-state index >= 15 is 0 Å². The fraction of sp³-hybridized carbons (Fsp3) is 0. The second-order valence-electron chi connectivity index (χ2n) is 0.126. The first-order chi connectivity index (χ1) is 2.83. The van der Waals surface area contributed by atoms with Crippen molar-refractivity contribution >= 4 is 7.83 Å². The summed E-state index contributed by atoms with van der Waals surface area (Å²) in [6.07, 6.45) is 0. The van der Waals surface area contributed by atoms with E-state index in [0.29, 0.717) is 0 Å². The fourth-order valence-electron chi connectivity index (χ4n) is 0. The van der Waals surface area contributed by atoms with E-state index in [4.69, 9.17) is 0 Å². The molecule has 0 rings (SSSR count). The van der Waals surface area contributed by atoms with E-state index in [1.807, 2.05) is 0 Å². The minimum absolute atomic E-state index is 1.00. The fourth-order valence-corrected chi connectivity index (χ4v) is 0. The summed E-state index contributed by atoms with van der Waals surface area (Å²) in [6, 6.07) is 0. The van der Waals surface area contributed by atoms with Gasteiger partial charge in [-0.3, -0.25) is 8.63 Å². The minimum atomic E-state index is -1.93. The quantitative estimate of drug-likeness (QED) is 0.403. The molecule has 0 saturated heterocycles. The van der Waals surface area contributed by atoms with Crippen LogP contribution in [0.25, 0.3) is 0 Å². The molecule has 42 valence electrons. The number of rotatable bonds is 0. The molecule has 0 N–H and O–H groups in total. The van der Waals surface area contributed by atoms with Crippen molar-refractivity contribution < 1.29 is 35.5 Å². The molecule has 0 atom stereocenters. The Hall–Kier alpha value is 0.525. The predicted molar refractivity (Wildman–Crippen MR) is 10.2 cm³/mol. The number of halogens is 4. The Labute approximate surface area is 44.0 Å². The van der Waals surface area contributed by atoms with Gasteiger partial charge in [-0.25, -0.2) is 0 Å². The van der Waals surface area contributed by atoms with Crippen molar-refractivity contribution in [2.45, 2.75) is 0 Å². The number of hydrogen-bond acceptors (Lipinski definition) is 0. The summed E-state index contributed by atoms with van der Waals surface area (Å²) in [5.74, 6) is 0. The Morgan fingerprint density at radius 1 is 1.17 bits per heavy atom. The van der Waals surface area contributed by atoms with Gasteiger partial charge in [-0.1, -0.05) is 0 Å². The van der Waals surface area contributed by atoms with Gasteiger partial charge in [-0.05, 0) is 0 Å². The molecule has 0 aromatic carbocycles. The van der Waals surface area contributed by atoms with E-state index in [-0.39, 0.29) is 0 Å². The van der Waals surface area contributed by atoms with Gasteiger partial charge in [0, 0.05) is 0 Å². The SMILES string of the molecule is F[B]F.[F][Ag][F]. The molecule has 0 unspecified atom stereocenters. The van der Waals surface area contributed by atoms with E-state index in [1.54, 1.807) is 0 Å². The average molecular weight is 195 g/mol. The molecule has 0 fully saturated rings. The summed E-state index contributed by atoms with van der Waals surface area (Å²) in [7, 11) is -1.00. The zero-order valence-corrected chi connectivity index (χ0v) is 3.87. The van der Waals surface area contributed by atoms with Crippen LogP contribution in [0.2, 0.25) is 0 Å². The molecule has 0 bridgehead atoms. The van der Waals surface area contributed by atoms with Gasteiger partial charge in [0.1, 0.15) is 0 Å². The first-order valence-corrected chi connectivity index (χ1v) is 1.78. The van der Waals surface area contributed by atoms with Crippen molar-refractivity contribution in [2.75, 3.05) is 0 Å². The topological polar surface area (TPSA) is 0 Å². The summed E-state index contributed by atoms with van der Waals surface area (Å²) in [6.45, 7) is 0. The van der Waals surface area contributed by atoms with Gasteiger partial charge in [0.15, 0.2) is 0 Å². The van der Waals surface area contributed by atoms with Gasteiger partial charge in [0.05, 0.1) is 0 Å². The van der Waals surface area contributed by atoms with Crippen molar-refractivity contribution in [1.82, 2.24) is 0 Å². The van der Waals surface area contributed by atoms with Crippen LogP contribution in [0.5, 0.6) is 0 Å². The summed E-state index contributed by atoms with van der Waals surface area (Å²) >= 11 is -1.93. The monoisotopic (exact) mass is 194 g/mol. The second-order valence-corrected chi connectivity index (χ2v) is 0.337. The maximum atomic E-state index is 9.65. The zero-order valence-electron chi connectivity index (χ0n) is 2.39. The van der Waals surface area contributed by atoms with Crippen molar-refractivity contribution in [1.29, 1.82) is 0 Å². The van der Waals surface area contributed by atoms with Crippen molar-refractivity contribution in [3.63, 3.8) is 0 Å². The van der Waals surface area contributed by atoms with Crippen LogP contribution in [-0.2, 0) is 20.8 Å². The molecule has 0 saturated carbocycles. The standard InChI is InChI=1S/Ag.BF2.2FH/c;2-1-3;;/h;;2*1H/q+2;;;/p-2. The molecule has 0 spiro atoms. The van der Waals surface area contributed by atoms with Crippen LogP contribution in [0.3, 0.4) is 0 Å². The Bertz CT molecular complexity index is 9.51. The molecule has 0 nitrogen and oxygen atoms in total. The second kappa shape index (κ2) is 17.7. The molecule has 6 heteroatoms. The van der Waals surface area contributed by atoms with Crippen LogP contribution in [0.15, 0.2) is 0 Å². The molecule has 6 heavy (non-hydrogen) atoms. The third-order valence-corrected chi connectivity index (χ3v) is 0. The van der Waals surface area contributed by atoms with Gasteiger partial charge < -0.3 is 0 Å². The van der Waals surface area contributed by atoms with Crippen molar-refractivity contribution in [3.8, 4) is 0 Å². The van der Waals surface area contributed by atoms with Gasteiger partial charge in [0.25, 0.3) is 0 Å². The molecular weight excluding hydrogens is 195 g/mol. The molecule has 0 aliphatic carbocycles. The van der Waals surface area contributed by atoms with Crippen LogP contribution < -0.4 is 0 Å². The number of hydrogen-bond donors (Lipinski definition) is 0. The molecule has 1 radical (unpaired) electrons. The Morgan fingerprint density at radius 3 is 1.17 bits per heavy atom. The molecule has 0 aliphatic heterocycles. The molecule has 0 aliphatic rings. The summed E-state index contributed by atoms with van der Waals surface area (Å²) in [4.78, 5) is 0. The Balaban J connectivity index is 0. The van der Waals surface area contributed by atoms with Crippen LogP contribution in [0, 0.1) is 0 Å². The van der Waals surface area contributed by atoms with Crippen molar-refractivity contribution in [3.05, 3.63) is 0 Å². The molecule has 0 aromatic heterocycles. The van der Waals surface area contributed by atoms with Crippen LogP contribution in [-0.4, -0.2) is 7.83 Å². The molecular formula is AgBF4. The third-order valence-electron chi connectivity index (χ3n) is 0. The Morgan fingerprint density at radius 2 is 1.17 bits per heavy atom. The summed E-state index contributed by atoms with van der Waals surface area (Å²) in [5, 5.41) is 0. The average Bonchev–Trinajstić information content (AvgIpc) is 1.39. The van der Waals surface area contributed by atoms with Crippen LogP contribution in [0.1, 0.15) is 0 Å².